The van der Waals surface area contributed by atoms with Crippen LogP contribution in [-0.2, 0) is 95.1 Å². The summed E-state index contributed by atoms with van der Waals surface area (Å²) in [7, 11) is 0. The van der Waals surface area contributed by atoms with Crippen LogP contribution in [0.2, 0.25) is 0 Å². The molecule has 0 saturated heterocycles. The Labute approximate surface area is 811 Å². The maximum absolute atomic E-state index is 11.2. The predicted molar refractivity (Wildman–Crippen MR) is 535 cm³/mol. The third-order valence-corrected chi connectivity index (χ3v) is 21.2. The molecule has 782 valence electrons. The Bertz CT molecular complexity index is 2910. The van der Waals surface area contributed by atoms with Crippen LogP contribution in [-0.4, -0.2) is 236 Å². The summed E-state index contributed by atoms with van der Waals surface area (Å²) in [5, 5.41) is 42.6. The Morgan fingerprint density at radius 1 is 0.306 bits per heavy atom. The molecule has 0 aromatic heterocycles. The molecule has 0 fully saturated rings. The van der Waals surface area contributed by atoms with Gasteiger partial charge >= 0.3 is 35.8 Å². The first-order valence-electron chi connectivity index (χ1n) is 51.2. The Morgan fingerprint density at radius 3 is 0.918 bits per heavy atom. The van der Waals surface area contributed by atoms with Gasteiger partial charge in [0, 0.05) is 25.4 Å². The second kappa shape index (κ2) is 105. The smallest absolute Gasteiger partial charge is 0.333 e. The molecule has 8 unspecified atom stereocenters. The van der Waals surface area contributed by atoms with Crippen LogP contribution in [0.5, 0.6) is 11.5 Å². The summed E-state index contributed by atoms with van der Waals surface area (Å²) in [5.74, 6) is -2.99. The fourth-order valence-corrected chi connectivity index (χ4v) is 13.4. The molecule has 2 aromatic rings. The normalized spacial score (nSPS) is 12.6. The van der Waals surface area contributed by atoms with Crippen molar-refractivity contribution in [2.45, 2.75) is 414 Å². The first-order chi connectivity index (χ1) is 64.8. The molecule has 0 aliphatic rings. The minimum absolute atomic E-state index is 0.00115. The van der Waals surface area contributed by atoms with Crippen LogP contribution in [0.15, 0.2) is 92.4 Å². The molecule has 2 aromatic carbocycles. The van der Waals surface area contributed by atoms with Gasteiger partial charge in [0.15, 0.2) is 0 Å². The zero-order valence-corrected chi connectivity index (χ0v) is 85.9. The quantitative estimate of drug-likeness (QED) is 0.0178. The fraction of sp³-hybridized carbons (Fsp3) is 0.776. The maximum Gasteiger partial charge on any atom is 0.333 e. The molecule has 0 heterocycles. The lowest BCUT2D eigenvalue weighted by Crippen LogP contribution is -2.23. The molecule has 0 saturated carbocycles. The molecule has 27 heteroatoms. The molecule has 0 spiro atoms. The Balaban J connectivity index is -0.000000783. The van der Waals surface area contributed by atoms with E-state index in [4.69, 9.17) is 101 Å². The van der Waals surface area contributed by atoms with E-state index in [2.05, 4.69) is 54.4 Å². The molecule has 0 amide bonds. The van der Waals surface area contributed by atoms with Crippen molar-refractivity contribution in [3.63, 3.8) is 0 Å². The number of aryl methyl sites for hydroxylation is 1. The number of hydrogen-bond donors (Lipinski definition) is 5. The van der Waals surface area contributed by atoms with Gasteiger partial charge < -0.3 is 101 Å². The number of esters is 1. The molecule has 0 aliphatic heterocycles. The van der Waals surface area contributed by atoms with Gasteiger partial charge in [-0.3, -0.25) is 19.2 Å². The summed E-state index contributed by atoms with van der Waals surface area (Å²) in [6, 6.07) is 17.6. The van der Waals surface area contributed by atoms with E-state index in [0.717, 1.165) is 95.3 Å². The topological polar surface area (TPSA) is 351 Å². The SMILES string of the molecule is C=C(C)C(=O)OCCOC(CC)CC(C)OCCC(=O)O.C=COCCCCOCC(=O)O.C=COCCOc1ccc(C)cc1.CCC(CC(C)OCCC(=O)O)OCCOc1ccccc1.CCCCCCCCCCCCCCCCCCOCCOC(C)CC(CC)OCCC(=O)O.CCCCCCCCCCCCCCCCOCCOC(CC)CC(C)OCCC(=O)O. The highest BCUT2D eigenvalue weighted by atomic mass is 16.6. The lowest BCUT2D eigenvalue weighted by molar-refractivity contribution is -0.142. The first kappa shape index (κ1) is 134. The maximum atomic E-state index is 11.2. The van der Waals surface area contributed by atoms with Gasteiger partial charge in [0.1, 0.15) is 44.5 Å². The number of unbranched alkanes of at least 4 members (excludes halogenated alkanes) is 29. The molecule has 0 aliphatic carbocycles. The van der Waals surface area contributed by atoms with E-state index in [1.165, 1.54) is 198 Å². The van der Waals surface area contributed by atoms with Crippen molar-refractivity contribution in [1.29, 1.82) is 0 Å². The number of carboxylic acids is 5. The van der Waals surface area contributed by atoms with Crippen LogP contribution in [0, 0.1) is 6.92 Å². The molecule has 0 radical (unpaired) electrons. The molecular formula is C107H192O27. The number of rotatable bonds is 91. The lowest BCUT2D eigenvalue weighted by Gasteiger charge is -2.20. The number of aliphatic carboxylic acids is 5. The monoisotopic (exact) mass is 1910 g/mol. The van der Waals surface area contributed by atoms with E-state index >= 15 is 0 Å². The third-order valence-electron chi connectivity index (χ3n) is 21.2. The standard InChI is InChI=1S/C29H58O5.C27H54O5.C17H26O5.C15H26O6.C11H14O2.C8H14O4/c1-4-6-7-8-9-10-11-12-13-14-15-16-17-18-19-20-22-32-24-25-33-27(3)26-28(5-2)34-23-21-29(30)31;1-4-6-7-8-9-10-11-12-13-14-15-16-17-18-20-30-22-23-32-26(5-2)24-25(3)31-21-19-27(28)29;1-3-15(13-14(2)20-10-9-17(18)19)21-11-12-22-16-7-5-4-6-8-16;1-5-13(10-12(4)19-7-6-14(16)17)20-8-9-21-15(18)11(2)3;1-3-12-8-9-13-11-6-4-10(2)5-7-11;1-2-11-5-3-4-6-12-7-8(9)10/h27-28H,4-26H2,1-3H3,(H,30,31);25-26H,4-24H2,1-3H3,(H,28,29);4-8,14-15H,3,9-13H2,1-2H3,(H,18,19);12-13H,2,5-10H2,1,3-4H3,(H,16,17);3-7H,1,8-9H2,2H3;2H,1,3-7H2,(H,9,10). The van der Waals surface area contributed by atoms with Gasteiger partial charge in [0.25, 0.3) is 0 Å². The average Bonchev–Trinajstić information content (AvgIpc) is 0.933. The molecule has 8 atom stereocenters. The predicted octanol–water partition coefficient (Wildman–Crippen LogP) is 24.7. The molecule has 5 N–H and O–H groups in total. The van der Waals surface area contributed by atoms with Crippen molar-refractivity contribution in [2.75, 3.05) is 126 Å². The average molecular weight is 1910 g/mol. The number of para-hydroxylation sites is 1. The molecule has 134 heavy (non-hydrogen) atoms. The summed E-state index contributed by atoms with van der Waals surface area (Å²) in [6.45, 7) is 43.2. The summed E-state index contributed by atoms with van der Waals surface area (Å²) in [5.41, 5.74) is 1.59. The van der Waals surface area contributed by atoms with Crippen LogP contribution in [0.25, 0.3) is 0 Å². The highest BCUT2D eigenvalue weighted by Gasteiger charge is 2.18. The molecular weight excluding hydrogens is 1720 g/mol. The molecule has 0 bridgehead atoms. The number of carboxylic acid groups (broad SMARTS) is 5. The van der Waals surface area contributed by atoms with Gasteiger partial charge in [-0.2, -0.15) is 0 Å². The first-order valence-corrected chi connectivity index (χ1v) is 51.2. The Hall–Kier alpha value is -6.76. The van der Waals surface area contributed by atoms with Crippen molar-refractivity contribution in [1.82, 2.24) is 0 Å². The van der Waals surface area contributed by atoms with E-state index < -0.39 is 35.8 Å². The lowest BCUT2D eigenvalue weighted by atomic mass is 10.0. The molecule has 2 rings (SSSR count). The Morgan fingerprint density at radius 2 is 0.582 bits per heavy atom. The fourth-order valence-electron chi connectivity index (χ4n) is 13.4. The second-order valence-electron chi connectivity index (χ2n) is 33.9. The van der Waals surface area contributed by atoms with Crippen LogP contribution in [0.3, 0.4) is 0 Å². The van der Waals surface area contributed by atoms with Gasteiger partial charge in [-0.05, 0) is 143 Å². The minimum atomic E-state index is -0.933. The van der Waals surface area contributed by atoms with Gasteiger partial charge in [-0.25, -0.2) is 9.59 Å². The summed E-state index contributed by atoms with van der Waals surface area (Å²) >= 11 is 0. The number of carbonyl (C=O) groups is 6. The van der Waals surface area contributed by atoms with Crippen LogP contribution in [0.4, 0.5) is 0 Å². The highest BCUT2D eigenvalue weighted by molar-refractivity contribution is 5.86. The zero-order valence-electron chi connectivity index (χ0n) is 85.9. The van der Waals surface area contributed by atoms with Crippen molar-refractivity contribution in [3.05, 3.63) is 98.0 Å². The van der Waals surface area contributed by atoms with Crippen LogP contribution < -0.4 is 9.47 Å². The summed E-state index contributed by atoms with van der Waals surface area (Å²) in [4.78, 5) is 63.1. The van der Waals surface area contributed by atoms with E-state index in [1.54, 1.807) is 6.92 Å². The van der Waals surface area contributed by atoms with E-state index in [-0.39, 0.29) is 114 Å². The Kier molecular flexibility index (Phi) is 105. The summed E-state index contributed by atoms with van der Waals surface area (Å²) in [6.07, 6.45) is 52.8. The van der Waals surface area contributed by atoms with Crippen molar-refractivity contribution in [2.24, 2.45) is 0 Å². The number of ether oxygens (including phenoxy) is 16. The van der Waals surface area contributed by atoms with Gasteiger partial charge in [-0.1, -0.05) is 277 Å². The minimum Gasteiger partial charge on any atom is -0.502 e. The van der Waals surface area contributed by atoms with E-state index in [1.807, 2.05) is 96.1 Å². The van der Waals surface area contributed by atoms with Crippen molar-refractivity contribution >= 4 is 35.8 Å². The van der Waals surface area contributed by atoms with Gasteiger partial charge in [0.05, 0.1) is 160 Å². The van der Waals surface area contributed by atoms with E-state index in [0.29, 0.717) is 84.7 Å². The highest BCUT2D eigenvalue weighted by Crippen LogP contribution is 2.20. The molecule has 27 nitrogen and oxygen atoms in total. The summed E-state index contributed by atoms with van der Waals surface area (Å²) < 4.78 is 87.0. The van der Waals surface area contributed by atoms with Crippen LogP contribution >= 0.6 is 0 Å². The number of hydrogen-bond acceptors (Lipinski definition) is 22. The largest absolute Gasteiger partial charge is 0.502 e. The van der Waals surface area contributed by atoms with Crippen molar-refractivity contribution in [3.8, 4) is 11.5 Å². The van der Waals surface area contributed by atoms with Gasteiger partial charge in [-0.15, -0.1) is 0 Å². The van der Waals surface area contributed by atoms with E-state index in [9.17, 15) is 28.8 Å². The number of benzene rings is 2. The third kappa shape index (κ3) is 107. The number of carbonyl (C=O) groups excluding carboxylic acids is 1. The second-order valence-corrected chi connectivity index (χ2v) is 33.9. The van der Waals surface area contributed by atoms with Gasteiger partial charge in [0.2, 0.25) is 0 Å². The van der Waals surface area contributed by atoms with Crippen molar-refractivity contribution < 1.29 is 130 Å². The van der Waals surface area contributed by atoms with Crippen LogP contribution in [0.1, 0.15) is 364 Å². The zero-order chi connectivity index (χ0) is 100.